The fraction of sp³-hybridized carbons (Fsp3) is 0.364. The molecule has 0 bridgehead atoms. The van der Waals surface area contributed by atoms with E-state index in [9.17, 15) is 4.79 Å². The van der Waals surface area contributed by atoms with Crippen molar-refractivity contribution < 1.29 is 9.53 Å². The number of benzene rings is 1. The van der Waals surface area contributed by atoms with E-state index in [4.69, 9.17) is 10.5 Å². The number of rotatable bonds is 3. The molecule has 1 aromatic rings. The van der Waals surface area contributed by atoms with Crippen molar-refractivity contribution >= 4 is 6.09 Å². The molecular formula is C11H14N2O2. The quantitative estimate of drug-likeness (QED) is 0.805. The molecule has 1 fully saturated rings. The molecule has 0 atom stereocenters. The van der Waals surface area contributed by atoms with Crippen molar-refractivity contribution in [3.63, 3.8) is 0 Å². The van der Waals surface area contributed by atoms with Crippen LogP contribution in [0.5, 0.6) is 0 Å². The molecule has 1 aromatic carbocycles. The summed E-state index contributed by atoms with van der Waals surface area (Å²) in [5.41, 5.74) is 7.73. The van der Waals surface area contributed by atoms with Crippen LogP contribution < -0.4 is 5.73 Å². The number of cyclic esters (lactones) is 1. The zero-order chi connectivity index (χ0) is 10.7. The Morgan fingerprint density at radius 2 is 2.20 bits per heavy atom. The lowest BCUT2D eigenvalue weighted by Gasteiger charge is -2.12. The second-order valence-corrected chi connectivity index (χ2v) is 3.56. The van der Waals surface area contributed by atoms with Gasteiger partial charge in [-0.15, -0.1) is 0 Å². The largest absolute Gasteiger partial charge is 0.448 e. The average Bonchev–Trinajstić information content (AvgIpc) is 2.65. The number of hydrogen-bond donors (Lipinski definition) is 1. The van der Waals surface area contributed by atoms with Gasteiger partial charge in [-0.05, 0) is 11.1 Å². The summed E-state index contributed by atoms with van der Waals surface area (Å²) < 4.78 is 4.86. The molecule has 2 rings (SSSR count). The zero-order valence-corrected chi connectivity index (χ0v) is 8.48. The Labute approximate surface area is 88.6 Å². The first kappa shape index (κ1) is 9.98. The third-order valence-electron chi connectivity index (χ3n) is 2.45. The predicted octanol–water partition coefficient (Wildman–Crippen LogP) is 1.10. The predicted molar refractivity (Wildman–Crippen MR) is 56.1 cm³/mol. The lowest BCUT2D eigenvalue weighted by atomic mass is 10.1. The number of nitrogens with zero attached hydrogens (tertiary/aromatic N) is 1. The van der Waals surface area contributed by atoms with E-state index < -0.39 is 0 Å². The van der Waals surface area contributed by atoms with Crippen molar-refractivity contribution in [1.82, 2.24) is 4.90 Å². The normalized spacial score (nSPS) is 15.5. The van der Waals surface area contributed by atoms with E-state index in [0.717, 1.165) is 11.1 Å². The maximum absolute atomic E-state index is 11.2. The molecular weight excluding hydrogens is 192 g/mol. The highest BCUT2D eigenvalue weighted by molar-refractivity contribution is 5.69. The van der Waals surface area contributed by atoms with Crippen molar-refractivity contribution in [2.45, 2.75) is 13.1 Å². The van der Waals surface area contributed by atoms with Crippen LogP contribution >= 0.6 is 0 Å². The molecule has 0 radical (unpaired) electrons. The summed E-state index contributed by atoms with van der Waals surface area (Å²) in [4.78, 5) is 12.9. The summed E-state index contributed by atoms with van der Waals surface area (Å²) in [7, 11) is 0. The topological polar surface area (TPSA) is 55.6 Å². The summed E-state index contributed by atoms with van der Waals surface area (Å²) in [6, 6.07) is 7.95. The highest BCUT2D eigenvalue weighted by Gasteiger charge is 2.21. The minimum atomic E-state index is -0.229. The van der Waals surface area contributed by atoms with E-state index in [0.29, 0.717) is 26.2 Å². The molecule has 1 aliphatic heterocycles. The van der Waals surface area contributed by atoms with Crippen LogP contribution in [0.1, 0.15) is 11.1 Å². The minimum Gasteiger partial charge on any atom is -0.448 e. The Hall–Kier alpha value is -1.55. The summed E-state index contributed by atoms with van der Waals surface area (Å²) in [6.45, 7) is 2.30. The van der Waals surface area contributed by atoms with Crippen molar-refractivity contribution in [2.75, 3.05) is 13.2 Å². The molecule has 1 saturated heterocycles. The van der Waals surface area contributed by atoms with E-state index in [-0.39, 0.29) is 6.09 Å². The van der Waals surface area contributed by atoms with Gasteiger partial charge in [0, 0.05) is 13.1 Å². The van der Waals surface area contributed by atoms with Crippen LogP contribution in [0.2, 0.25) is 0 Å². The third-order valence-corrected chi connectivity index (χ3v) is 2.45. The lowest BCUT2D eigenvalue weighted by Crippen LogP contribution is -2.23. The highest BCUT2D eigenvalue weighted by Crippen LogP contribution is 2.11. The van der Waals surface area contributed by atoms with Gasteiger partial charge in [0.2, 0.25) is 0 Å². The number of ether oxygens (including phenoxy) is 1. The van der Waals surface area contributed by atoms with E-state index >= 15 is 0 Å². The maximum Gasteiger partial charge on any atom is 0.410 e. The Morgan fingerprint density at radius 1 is 1.40 bits per heavy atom. The Bertz CT molecular complexity index is 365. The van der Waals surface area contributed by atoms with Crippen molar-refractivity contribution in [3.8, 4) is 0 Å². The molecule has 0 saturated carbocycles. The number of carbonyl (C=O) groups is 1. The van der Waals surface area contributed by atoms with Crippen LogP contribution in [0.3, 0.4) is 0 Å². The molecule has 0 aliphatic carbocycles. The number of amides is 1. The molecule has 1 heterocycles. The van der Waals surface area contributed by atoms with Crippen LogP contribution in [0.4, 0.5) is 4.79 Å². The Morgan fingerprint density at radius 3 is 2.87 bits per heavy atom. The second-order valence-electron chi connectivity index (χ2n) is 3.56. The Kier molecular flexibility index (Phi) is 2.87. The van der Waals surface area contributed by atoms with Crippen LogP contribution in [-0.2, 0) is 17.8 Å². The maximum atomic E-state index is 11.2. The van der Waals surface area contributed by atoms with E-state index in [1.807, 2.05) is 24.3 Å². The van der Waals surface area contributed by atoms with Gasteiger partial charge in [0.05, 0.1) is 6.54 Å². The molecule has 15 heavy (non-hydrogen) atoms. The van der Waals surface area contributed by atoms with Gasteiger partial charge in [-0.3, -0.25) is 0 Å². The summed E-state index contributed by atoms with van der Waals surface area (Å²) in [5, 5.41) is 0. The molecule has 80 valence electrons. The number of carbonyl (C=O) groups excluding carboxylic acids is 1. The standard InChI is InChI=1S/C11H14N2O2/c12-7-9-2-1-3-10(6-9)8-13-4-5-15-11(13)14/h1-3,6H,4-5,7-8,12H2. The molecule has 2 N–H and O–H groups in total. The van der Waals surface area contributed by atoms with Gasteiger partial charge in [-0.2, -0.15) is 0 Å². The van der Waals surface area contributed by atoms with Gasteiger partial charge in [-0.1, -0.05) is 24.3 Å². The van der Waals surface area contributed by atoms with E-state index in [1.165, 1.54) is 0 Å². The zero-order valence-electron chi connectivity index (χ0n) is 8.48. The van der Waals surface area contributed by atoms with Gasteiger partial charge in [-0.25, -0.2) is 4.79 Å². The van der Waals surface area contributed by atoms with E-state index in [2.05, 4.69) is 0 Å². The summed E-state index contributed by atoms with van der Waals surface area (Å²) in [5.74, 6) is 0. The second kappa shape index (κ2) is 4.31. The molecule has 1 aliphatic rings. The molecule has 0 unspecified atom stereocenters. The van der Waals surface area contributed by atoms with E-state index in [1.54, 1.807) is 4.90 Å². The lowest BCUT2D eigenvalue weighted by molar-refractivity contribution is 0.157. The van der Waals surface area contributed by atoms with Crippen molar-refractivity contribution in [1.29, 1.82) is 0 Å². The third kappa shape index (κ3) is 2.27. The SMILES string of the molecule is NCc1cccc(CN2CCOC2=O)c1. The molecule has 0 aromatic heterocycles. The van der Waals surface area contributed by atoms with Gasteiger partial charge >= 0.3 is 6.09 Å². The Balaban J connectivity index is 2.06. The van der Waals surface area contributed by atoms with Gasteiger partial charge in [0.1, 0.15) is 6.61 Å². The average molecular weight is 206 g/mol. The van der Waals surface area contributed by atoms with Crippen molar-refractivity contribution in [3.05, 3.63) is 35.4 Å². The number of nitrogens with two attached hydrogens (primary N) is 1. The summed E-state index contributed by atoms with van der Waals surface area (Å²) >= 11 is 0. The molecule has 0 spiro atoms. The van der Waals surface area contributed by atoms with Crippen LogP contribution in [-0.4, -0.2) is 24.1 Å². The van der Waals surface area contributed by atoms with Gasteiger partial charge in [0.25, 0.3) is 0 Å². The van der Waals surface area contributed by atoms with Gasteiger partial charge in [0.15, 0.2) is 0 Å². The highest BCUT2D eigenvalue weighted by atomic mass is 16.6. The molecule has 4 heteroatoms. The fourth-order valence-corrected chi connectivity index (χ4v) is 1.64. The fourth-order valence-electron chi connectivity index (χ4n) is 1.64. The molecule has 4 nitrogen and oxygen atoms in total. The monoisotopic (exact) mass is 206 g/mol. The van der Waals surface area contributed by atoms with Crippen LogP contribution in [0.15, 0.2) is 24.3 Å². The molecule has 1 amide bonds. The van der Waals surface area contributed by atoms with Crippen molar-refractivity contribution in [2.24, 2.45) is 5.73 Å². The smallest absolute Gasteiger partial charge is 0.410 e. The van der Waals surface area contributed by atoms with Crippen LogP contribution in [0.25, 0.3) is 0 Å². The van der Waals surface area contributed by atoms with Gasteiger partial charge < -0.3 is 15.4 Å². The minimum absolute atomic E-state index is 0.229. The first-order valence-corrected chi connectivity index (χ1v) is 4.99. The first-order chi connectivity index (χ1) is 7.29. The number of hydrogen-bond acceptors (Lipinski definition) is 3. The first-order valence-electron chi connectivity index (χ1n) is 4.99. The summed E-state index contributed by atoms with van der Waals surface area (Å²) in [6.07, 6.45) is -0.229. The van der Waals surface area contributed by atoms with Crippen LogP contribution in [0, 0.1) is 0 Å².